The summed E-state index contributed by atoms with van der Waals surface area (Å²) in [6.45, 7) is 1.85. The molecule has 0 saturated carbocycles. The van der Waals surface area contributed by atoms with Crippen molar-refractivity contribution in [3.8, 4) is 0 Å². The average Bonchev–Trinajstić information content (AvgIpc) is 3.13. The number of esters is 1. The molecule has 1 aromatic carbocycles. The van der Waals surface area contributed by atoms with Gasteiger partial charge in [-0.15, -0.1) is 11.3 Å². The zero-order valence-electron chi connectivity index (χ0n) is 13.8. The van der Waals surface area contributed by atoms with Gasteiger partial charge in [-0.25, -0.2) is 9.69 Å². The SMILES string of the molecule is C[C@@H]1CCc2sc(C(=O)OCN3C(=O)c4ccccc4C3=O)cc2C1. The molecule has 2 aliphatic rings. The highest BCUT2D eigenvalue weighted by atomic mass is 32.1. The topological polar surface area (TPSA) is 63.7 Å². The minimum atomic E-state index is -0.483. The molecule has 128 valence electrons. The van der Waals surface area contributed by atoms with Crippen LogP contribution in [-0.2, 0) is 17.6 Å². The molecule has 0 spiro atoms. The Balaban J connectivity index is 1.45. The molecule has 0 unspecified atom stereocenters. The van der Waals surface area contributed by atoms with Crippen LogP contribution in [0.1, 0.15) is 54.2 Å². The number of benzene rings is 1. The van der Waals surface area contributed by atoms with E-state index < -0.39 is 17.8 Å². The molecule has 1 aliphatic carbocycles. The van der Waals surface area contributed by atoms with Crippen LogP contribution in [0.5, 0.6) is 0 Å². The van der Waals surface area contributed by atoms with Crippen molar-refractivity contribution in [2.24, 2.45) is 5.92 Å². The van der Waals surface area contributed by atoms with Crippen LogP contribution in [0.4, 0.5) is 0 Å². The second-order valence-electron chi connectivity index (χ2n) is 6.55. The third kappa shape index (κ3) is 2.76. The molecule has 0 N–H and O–H groups in total. The number of carbonyl (C=O) groups excluding carboxylic acids is 3. The number of nitrogens with zero attached hydrogens (tertiary/aromatic N) is 1. The smallest absolute Gasteiger partial charge is 0.350 e. The van der Waals surface area contributed by atoms with Gasteiger partial charge in [-0.2, -0.15) is 0 Å². The summed E-state index contributed by atoms with van der Waals surface area (Å²) in [6.07, 6.45) is 3.11. The highest BCUT2D eigenvalue weighted by Crippen LogP contribution is 2.32. The van der Waals surface area contributed by atoms with E-state index in [2.05, 4.69) is 6.92 Å². The summed E-state index contributed by atoms with van der Waals surface area (Å²) in [6, 6.07) is 8.51. The van der Waals surface area contributed by atoms with E-state index in [0.29, 0.717) is 21.9 Å². The van der Waals surface area contributed by atoms with Gasteiger partial charge in [-0.05, 0) is 48.9 Å². The second-order valence-corrected chi connectivity index (χ2v) is 7.69. The number of carbonyl (C=O) groups is 3. The van der Waals surface area contributed by atoms with Crippen molar-refractivity contribution in [2.45, 2.75) is 26.2 Å². The van der Waals surface area contributed by atoms with Gasteiger partial charge in [0.15, 0.2) is 6.73 Å². The first-order chi connectivity index (χ1) is 12.0. The molecule has 2 aromatic rings. The zero-order valence-corrected chi connectivity index (χ0v) is 14.6. The highest BCUT2D eigenvalue weighted by molar-refractivity contribution is 7.14. The van der Waals surface area contributed by atoms with Crippen LogP contribution in [0.25, 0.3) is 0 Å². The standard InChI is InChI=1S/C19H17NO4S/c1-11-6-7-15-12(8-11)9-16(25-15)19(23)24-10-20-17(21)13-4-2-3-5-14(13)18(20)22/h2-5,9,11H,6-8,10H2,1H3/t11-/m1/s1. The number of rotatable bonds is 3. The summed E-state index contributed by atoms with van der Waals surface area (Å²) in [4.78, 5) is 39.6. The predicted octanol–water partition coefficient (Wildman–Crippen LogP) is 3.28. The van der Waals surface area contributed by atoms with E-state index in [0.717, 1.165) is 24.2 Å². The number of fused-ring (bicyclic) bond motifs is 2. The quantitative estimate of drug-likeness (QED) is 0.626. The molecule has 4 rings (SSSR count). The first-order valence-corrected chi connectivity index (χ1v) is 9.10. The van der Waals surface area contributed by atoms with Crippen molar-refractivity contribution in [2.75, 3.05) is 6.73 Å². The summed E-state index contributed by atoms with van der Waals surface area (Å²) in [5.74, 6) is -0.701. The summed E-state index contributed by atoms with van der Waals surface area (Å²) in [7, 11) is 0. The maximum Gasteiger partial charge on any atom is 0.350 e. The number of imide groups is 1. The van der Waals surface area contributed by atoms with Gasteiger partial charge in [0.25, 0.3) is 11.8 Å². The van der Waals surface area contributed by atoms with Gasteiger partial charge in [0.1, 0.15) is 4.88 Å². The minimum absolute atomic E-state index is 0.351. The summed E-state index contributed by atoms with van der Waals surface area (Å²) in [5.41, 5.74) is 1.92. The lowest BCUT2D eigenvalue weighted by Crippen LogP contribution is -2.33. The van der Waals surface area contributed by atoms with E-state index in [9.17, 15) is 14.4 Å². The fourth-order valence-corrected chi connectivity index (χ4v) is 4.46. The van der Waals surface area contributed by atoms with Crippen LogP contribution >= 0.6 is 11.3 Å². The summed E-state index contributed by atoms with van der Waals surface area (Å²) in [5, 5.41) is 0. The van der Waals surface area contributed by atoms with Crippen LogP contribution in [0.3, 0.4) is 0 Å². The minimum Gasteiger partial charge on any atom is -0.439 e. The third-order valence-corrected chi connectivity index (χ3v) is 5.95. The van der Waals surface area contributed by atoms with E-state index >= 15 is 0 Å². The predicted molar refractivity (Wildman–Crippen MR) is 92.7 cm³/mol. The number of ether oxygens (including phenoxy) is 1. The Labute approximate surface area is 149 Å². The molecule has 0 radical (unpaired) electrons. The maximum atomic E-state index is 12.3. The molecule has 2 heterocycles. The fraction of sp³-hybridized carbons (Fsp3) is 0.316. The number of hydrogen-bond acceptors (Lipinski definition) is 5. The van der Waals surface area contributed by atoms with Crippen LogP contribution in [0.15, 0.2) is 30.3 Å². The number of amides is 2. The Morgan fingerprint density at radius 3 is 2.60 bits per heavy atom. The van der Waals surface area contributed by atoms with E-state index in [-0.39, 0.29) is 6.73 Å². The fourth-order valence-electron chi connectivity index (χ4n) is 3.36. The number of thiophene rings is 1. The van der Waals surface area contributed by atoms with Gasteiger partial charge in [-0.3, -0.25) is 9.59 Å². The lowest BCUT2D eigenvalue weighted by atomic mass is 9.90. The summed E-state index contributed by atoms with van der Waals surface area (Å²) < 4.78 is 5.24. The Kier molecular flexibility index (Phi) is 3.92. The third-order valence-electron chi connectivity index (χ3n) is 4.73. The lowest BCUT2D eigenvalue weighted by molar-refractivity contribution is 0.0232. The van der Waals surface area contributed by atoms with E-state index in [1.807, 2.05) is 6.07 Å². The lowest BCUT2D eigenvalue weighted by Gasteiger charge is -2.16. The Bertz CT molecular complexity index is 850. The van der Waals surface area contributed by atoms with Crippen molar-refractivity contribution < 1.29 is 19.1 Å². The van der Waals surface area contributed by atoms with Gasteiger partial charge < -0.3 is 4.74 Å². The van der Waals surface area contributed by atoms with Crippen LogP contribution in [0.2, 0.25) is 0 Å². The molecule has 0 fully saturated rings. The molecular weight excluding hydrogens is 338 g/mol. The Morgan fingerprint density at radius 1 is 1.24 bits per heavy atom. The second kappa shape index (κ2) is 6.11. The molecule has 2 amide bonds. The van der Waals surface area contributed by atoms with E-state index in [4.69, 9.17) is 4.74 Å². The zero-order chi connectivity index (χ0) is 17.6. The van der Waals surface area contributed by atoms with Crippen molar-refractivity contribution >= 4 is 29.1 Å². The molecule has 1 atom stereocenters. The molecule has 5 nitrogen and oxygen atoms in total. The molecule has 1 aromatic heterocycles. The number of aryl methyl sites for hydroxylation is 1. The molecule has 6 heteroatoms. The Hall–Kier alpha value is -2.47. The largest absolute Gasteiger partial charge is 0.439 e. The normalized spacial score (nSPS) is 18.9. The first-order valence-electron chi connectivity index (χ1n) is 8.28. The van der Waals surface area contributed by atoms with E-state index in [1.165, 1.54) is 21.8 Å². The Morgan fingerprint density at radius 2 is 1.92 bits per heavy atom. The summed E-state index contributed by atoms with van der Waals surface area (Å²) >= 11 is 1.45. The van der Waals surface area contributed by atoms with Crippen LogP contribution in [0, 0.1) is 5.92 Å². The molecule has 0 saturated heterocycles. The van der Waals surface area contributed by atoms with Gasteiger partial charge >= 0.3 is 5.97 Å². The van der Waals surface area contributed by atoms with Crippen molar-refractivity contribution in [1.29, 1.82) is 0 Å². The van der Waals surface area contributed by atoms with E-state index in [1.54, 1.807) is 24.3 Å². The van der Waals surface area contributed by atoms with Crippen LogP contribution < -0.4 is 0 Å². The molecule has 0 bridgehead atoms. The van der Waals surface area contributed by atoms with Gasteiger partial charge in [0.2, 0.25) is 0 Å². The first kappa shape index (κ1) is 16.0. The van der Waals surface area contributed by atoms with Crippen molar-refractivity contribution in [3.63, 3.8) is 0 Å². The number of hydrogen-bond donors (Lipinski definition) is 0. The monoisotopic (exact) mass is 355 g/mol. The molecule has 25 heavy (non-hydrogen) atoms. The molecule has 1 aliphatic heterocycles. The van der Waals surface area contributed by atoms with Gasteiger partial charge in [-0.1, -0.05) is 19.1 Å². The molecular formula is C19H17NO4S. The van der Waals surface area contributed by atoms with Crippen LogP contribution in [-0.4, -0.2) is 29.4 Å². The maximum absolute atomic E-state index is 12.3. The van der Waals surface area contributed by atoms with Gasteiger partial charge in [0, 0.05) is 4.88 Å². The average molecular weight is 355 g/mol. The highest BCUT2D eigenvalue weighted by Gasteiger charge is 2.36. The van der Waals surface area contributed by atoms with Gasteiger partial charge in [0.05, 0.1) is 11.1 Å². The van der Waals surface area contributed by atoms with Crippen molar-refractivity contribution in [3.05, 3.63) is 56.8 Å². The van der Waals surface area contributed by atoms with Crippen molar-refractivity contribution in [1.82, 2.24) is 4.90 Å².